The number of alkyl halides is 1. The van der Waals surface area contributed by atoms with E-state index in [0.29, 0.717) is 11.3 Å². The van der Waals surface area contributed by atoms with Gasteiger partial charge >= 0.3 is 0 Å². The van der Waals surface area contributed by atoms with Crippen LogP contribution in [-0.4, -0.2) is 21.9 Å². The van der Waals surface area contributed by atoms with E-state index in [1.807, 2.05) is 13.0 Å². The topological polar surface area (TPSA) is 37.8 Å². The van der Waals surface area contributed by atoms with Crippen molar-refractivity contribution in [1.82, 2.24) is 9.97 Å². The Labute approximate surface area is 95.3 Å². The second kappa shape index (κ2) is 4.79. The molecule has 1 heterocycles. The maximum atomic E-state index is 6.05. The van der Waals surface area contributed by atoms with Crippen molar-refractivity contribution < 1.29 is 0 Å². The molecule has 15 heavy (non-hydrogen) atoms. The highest BCUT2D eigenvalue weighted by Gasteiger charge is 2.22. The summed E-state index contributed by atoms with van der Waals surface area (Å²) in [6.07, 6.45) is 5.25. The maximum absolute atomic E-state index is 6.05. The Hall–Kier alpha value is -0.830. The lowest BCUT2D eigenvalue weighted by molar-refractivity contribution is 0.578. The van der Waals surface area contributed by atoms with E-state index in [0.717, 1.165) is 31.0 Å². The van der Waals surface area contributed by atoms with Crippen molar-refractivity contribution in [3.8, 4) is 0 Å². The summed E-state index contributed by atoms with van der Waals surface area (Å²) in [5.74, 6) is 1.41. The molecule has 0 aromatic carbocycles. The molecular weight excluding hydrogens is 210 g/mol. The van der Waals surface area contributed by atoms with Crippen LogP contribution >= 0.6 is 11.6 Å². The van der Waals surface area contributed by atoms with Gasteiger partial charge in [0.05, 0.1) is 0 Å². The van der Waals surface area contributed by atoms with Gasteiger partial charge in [0.1, 0.15) is 0 Å². The summed E-state index contributed by atoms with van der Waals surface area (Å²) in [6, 6.07) is 1.90. The first-order chi connectivity index (χ1) is 7.24. The Bertz CT molecular complexity index is 329. The smallest absolute Gasteiger partial charge is 0.222 e. The van der Waals surface area contributed by atoms with E-state index < -0.39 is 0 Å². The molecule has 2 rings (SSSR count). The molecule has 1 N–H and O–H groups in total. The Kier molecular flexibility index (Phi) is 3.41. The van der Waals surface area contributed by atoms with Crippen molar-refractivity contribution in [2.45, 2.75) is 31.6 Å². The van der Waals surface area contributed by atoms with Crippen molar-refractivity contribution >= 4 is 17.5 Å². The summed E-state index contributed by atoms with van der Waals surface area (Å²) >= 11 is 6.05. The molecule has 4 heteroatoms. The molecule has 0 spiro atoms. The Morgan fingerprint density at radius 3 is 3.07 bits per heavy atom. The fourth-order valence-corrected chi connectivity index (χ4v) is 2.35. The van der Waals surface area contributed by atoms with E-state index in [4.69, 9.17) is 11.6 Å². The number of nitrogens with one attached hydrogen (secondary N) is 1. The molecule has 1 fully saturated rings. The standard InChI is InChI=1S/C11H16ClN3/c1-8-4-5-13-11(15-8)14-7-9-2-3-10(12)6-9/h4-5,9-10H,2-3,6-7H2,1H3,(H,13,14,15). The van der Waals surface area contributed by atoms with Crippen LogP contribution in [0.15, 0.2) is 12.3 Å². The number of aryl methyl sites for hydroxylation is 1. The van der Waals surface area contributed by atoms with E-state index in [1.165, 1.54) is 6.42 Å². The van der Waals surface area contributed by atoms with Crippen LogP contribution in [0.3, 0.4) is 0 Å². The predicted molar refractivity (Wildman–Crippen MR) is 62.2 cm³/mol. The third-order valence-corrected chi connectivity index (χ3v) is 3.22. The number of nitrogens with zero attached hydrogens (tertiary/aromatic N) is 2. The fourth-order valence-electron chi connectivity index (χ4n) is 1.97. The summed E-state index contributed by atoms with van der Waals surface area (Å²) in [5, 5.41) is 3.64. The second-order valence-electron chi connectivity index (χ2n) is 4.18. The molecule has 1 aromatic heterocycles. The number of halogens is 1. The molecule has 2 atom stereocenters. The average Bonchev–Trinajstić information content (AvgIpc) is 2.62. The van der Waals surface area contributed by atoms with E-state index in [9.17, 15) is 0 Å². The van der Waals surface area contributed by atoms with E-state index in [1.54, 1.807) is 6.20 Å². The van der Waals surface area contributed by atoms with Crippen LogP contribution in [0.25, 0.3) is 0 Å². The van der Waals surface area contributed by atoms with Crippen LogP contribution in [-0.2, 0) is 0 Å². The van der Waals surface area contributed by atoms with E-state index in [2.05, 4.69) is 15.3 Å². The van der Waals surface area contributed by atoms with Crippen molar-refractivity contribution in [3.63, 3.8) is 0 Å². The average molecular weight is 226 g/mol. The molecule has 2 unspecified atom stereocenters. The molecule has 0 bridgehead atoms. The molecule has 1 aliphatic rings. The van der Waals surface area contributed by atoms with Crippen LogP contribution in [0.2, 0.25) is 0 Å². The first kappa shape index (κ1) is 10.7. The second-order valence-corrected chi connectivity index (χ2v) is 4.80. The highest BCUT2D eigenvalue weighted by molar-refractivity contribution is 6.20. The molecule has 0 saturated heterocycles. The van der Waals surface area contributed by atoms with Crippen molar-refractivity contribution in [2.75, 3.05) is 11.9 Å². The number of hydrogen-bond donors (Lipinski definition) is 1. The first-order valence-electron chi connectivity index (χ1n) is 5.41. The van der Waals surface area contributed by atoms with Gasteiger partial charge in [0.25, 0.3) is 0 Å². The van der Waals surface area contributed by atoms with Crippen LogP contribution in [0.4, 0.5) is 5.95 Å². The molecule has 0 amide bonds. The van der Waals surface area contributed by atoms with Gasteiger partial charge in [-0.2, -0.15) is 0 Å². The van der Waals surface area contributed by atoms with Gasteiger partial charge in [0.2, 0.25) is 5.95 Å². The first-order valence-corrected chi connectivity index (χ1v) is 5.85. The monoisotopic (exact) mass is 225 g/mol. The number of aromatic nitrogens is 2. The minimum Gasteiger partial charge on any atom is -0.354 e. The fraction of sp³-hybridized carbons (Fsp3) is 0.636. The van der Waals surface area contributed by atoms with Gasteiger partial charge in [-0.15, -0.1) is 11.6 Å². The Morgan fingerprint density at radius 1 is 1.53 bits per heavy atom. The molecule has 0 aliphatic heterocycles. The van der Waals surface area contributed by atoms with Gasteiger partial charge in [0.15, 0.2) is 0 Å². The SMILES string of the molecule is Cc1ccnc(NCC2CCC(Cl)C2)n1. The van der Waals surface area contributed by atoms with E-state index >= 15 is 0 Å². The highest BCUT2D eigenvalue weighted by atomic mass is 35.5. The lowest BCUT2D eigenvalue weighted by Crippen LogP contribution is -2.13. The molecule has 0 radical (unpaired) electrons. The van der Waals surface area contributed by atoms with Crippen LogP contribution in [0.1, 0.15) is 25.0 Å². The van der Waals surface area contributed by atoms with Crippen LogP contribution in [0.5, 0.6) is 0 Å². The van der Waals surface area contributed by atoms with Crippen LogP contribution in [0, 0.1) is 12.8 Å². The Morgan fingerprint density at radius 2 is 2.40 bits per heavy atom. The number of hydrogen-bond acceptors (Lipinski definition) is 3. The molecule has 1 aliphatic carbocycles. The zero-order valence-corrected chi connectivity index (χ0v) is 9.67. The lowest BCUT2D eigenvalue weighted by Gasteiger charge is -2.10. The van der Waals surface area contributed by atoms with Gasteiger partial charge in [-0.25, -0.2) is 9.97 Å². The molecule has 1 aromatic rings. The van der Waals surface area contributed by atoms with Crippen molar-refractivity contribution in [3.05, 3.63) is 18.0 Å². The van der Waals surface area contributed by atoms with Gasteiger partial charge in [0, 0.05) is 23.8 Å². The maximum Gasteiger partial charge on any atom is 0.222 e. The third kappa shape index (κ3) is 3.06. The third-order valence-electron chi connectivity index (χ3n) is 2.82. The van der Waals surface area contributed by atoms with Crippen molar-refractivity contribution in [2.24, 2.45) is 5.92 Å². The van der Waals surface area contributed by atoms with Gasteiger partial charge in [-0.05, 0) is 38.2 Å². The van der Waals surface area contributed by atoms with E-state index in [-0.39, 0.29) is 0 Å². The molecule has 3 nitrogen and oxygen atoms in total. The quantitative estimate of drug-likeness (QED) is 0.804. The minimum absolute atomic E-state index is 0.371. The highest BCUT2D eigenvalue weighted by Crippen LogP contribution is 2.29. The molecule has 82 valence electrons. The Balaban J connectivity index is 1.83. The van der Waals surface area contributed by atoms with Gasteiger partial charge in [-0.3, -0.25) is 0 Å². The summed E-state index contributed by atoms with van der Waals surface area (Å²) < 4.78 is 0. The summed E-state index contributed by atoms with van der Waals surface area (Å²) in [6.45, 7) is 2.91. The number of rotatable bonds is 3. The summed E-state index contributed by atoms with van der Waals surface area (Å²) in [4.78, 5) is 8.46. The minimum atomic E-state index is 0.371. The predicted octanol–water partition coefficient (Wildman–Crippen LogP) is 2.60. The normalized spacial score (nSPS) is 25.5. The zero-order valence-electron chi connectivity index (χ0n) is 8.91. The largest absolute Gasteiger partial charge is 0.354 e. The summed E-state index contributed by atoms with van der Waals surface area (Å²) in [5.41, 5.74) is 0.995. The van der Waals surface area contributed by atoms with Crippen LogP contribution < -0.4 is 5.32 Å². The zero-order chi connectivity index (χ0) is 10.7. The molecule has 1 saturated carbocycles. The van der Waals surface area contributed by atoms with Gasteiger partial charge in [-0.1, -0.05) is 0 Å². The van der Waals surface area contributed by atoms with Crippen molar-refractivity contribution in [1.29, 1.82) is 0 Å². The number of anilines is 1. The lowest BCUT2D eigenvalue weighted by atomic mass is 10.1. The summed E-state index contributed by atoms with van der Waals surface area (Å²) in [7, 11) is 0. The van der Waals surface area contributed by atoms with Gasteiger partial charge < -0.3 is 5.32 Å². The molecular formula is C11H16ClN3.